The fourth-order valence-corrected chi connectivity index (χ4v) is 3.25. The maximum Gasteiger partial charge on any atom is 0.230 e. The number of aromatic nitrogens is 2. The summed E-state index contributed by atoms with van der Waals surface area (Å²) in [5.41, 5.74) is 1.58. The number of ether oxygens (including phenoxy) is 3. The van der Waals surface area contributed by atoms with Gasteiger partial charge in [-0.3, -0.25) is 9.78 Å². The molecule has 0 bridgehead atoms. The number of nitrogens with one attached hydrogen (secondary N) is 1. The number of hydrogen-bond donors (Lipinski definition) is 1. The standard InChI is InChI=1S/C24H23N3O5/c1-4-16-12-23(27-32-16)26-24(28)11-15-5-7-17(8-6-15)31-20-9-10-25-19-14-22(30-3)21(29-2)13-18(19)20/h5-10,12-14H,4,11H2,1-3H3,(H,26,27,28). The van der Waals surface area contributed by atoms with Crippen molar-refractivity contribution in [2.75, 3.05) is 19.5 Å². The van der Waals surface area contributed by atoms with Crippen LogP contribution in [0.25, 0.3) is 10.9 Å². The summed E-state index contributed by atoms with van der Waals surface area (Å²) in [6.45, 7) is 1.96. The van der Waals surface area contributed by atoms with Gasteiger partial charge in [-0.05, 0) is 29.8 Å². The number of aryl methyl sites for hydroxylation is 1. The highest BCUT2D eigenvalue weighted by Crippen LogP contribution is 2.36. The van der Waals surface area contributed by atoms with Gasteiger partial charge in [-0.1, -0.05) is 24.2 Å². The minimum atomic E-state index is -0.171. The number of carbonyl (C=O) groups excluding carboxylic acids is 1. The average Bonchev–Trinajstić information content (AvgIpc) is 3.27. The number of nitrogens with zero attached hydrogens (tertiary/aromatic N) is 2. The molecule has 32 heavy (non-hydrogen) atoms. The average molecular weight is 433 g/mol. The molecule has 0 aliphatic heterocycles. The van der Waals surface area contributed by atoms with Crippen LogP contribution < -0.4 is 19.5 Å². The lowest BCUT2D eigenvalue weighted by molar-refractivity contribution is -0.115. The molecule has 0 fully saturated rings. The van der Waals surface area contributed by atoms with E-state index in [0.717, 1.165) is 28.6 Å². The Morgan fingerprint density at radius 3 is 2.44 bits per heavy atom. The predicted molar refractivity (Wildman–Crippen MR) is 120 cm³/mol. The lowest BCUT2D eigenvalue weighted by atomic mass is 10.1. The van der Waals surface area contributed by atoms with Gasteiger partial charge in [0.15, 0.2) is 17.3 Å². The van der Waals surface area contributed by atoms with Crippen LogP contribution in [0.1, 0.15) is 18.2 Å². The third-order valence-electron chi connectivity index (χ3n) is 4.90. The summed E-state index contributed by atoms with van der Waals surface area (Å²) in [7, 11) is 3.17. The Morgan fingerprint density at radius 1 is 1.00 bits per heavy atom. The van der Waals surface area contributed by atoms with Crippen molar-refractivity contribution in [1.82, 2.24) is 10.1 Å². The second-order valence-electron chi connectivity index (χ2n) is 7.04. The summed E-state index contributed by atoms with van der Waals surface area (Å²) in [6, 6.07) is 14.5. The third kappa shape index (κ3) is 4.64. The van der Waals surface area contributed by atoms with Crippen molar-refractivity contribution in [3.05, 3.63) is 66.1 Å². The molecule has 0 spiro atoms. The summed E-state index contributed by atoms with van der Waals surface area (Å²) in [5, 5.41) is 7.36. The molecule has 0 aliphatic rings. The first kappa shape index (κ1) is 21.2. The summed E-state index contributed by atoms with van der Waals surface area (Å²) in [5.74, 6) is 3.45. The first-order chi connectivity index (χ1) is 15.6. The molecule has 8 nitrogen and oxygen atoms in total. The SMILES string of the molecule is CCc1cc(NC(=O)Cc2ccc(Oc3ccnc4cc(OC)c(OC)cc34)cc2)no1. The highest BCUT2D eigenvalue weighted by atomic mass is 16.5. The molecular weight excluding hydrogens is 410 g/mol. The number of pyridine rings is 1. The molecule has 0 radical (unpaired) electrons. The molecule has 0 unspecified atom stereocenters. The van der Waals surface area contributed by atoms with Gasteiger partial charge in [-0.15, -0.1) is 0 Å². The van der Waals surface area contributed by atoms with Crippen molar-refractivity contribution in [3.63, 3.8) is 0 Å². The Morgan fingerprint density at radius 2 is 1.75 bits per heavy atom. The van der Waals surface area contributed by atoms with E-state index < -0.39 is 0 Å². The van der Waals surface area contributed by atoms with Gasteiger partial charge in [0, 0.05) is 30.1 Å². The Bertz CT molecular complexity index is 1230. The molecule has 8 heteroatoms. The van der Waals surface area contributed by atoms with Gasteiger partial charge in [-0.25, -0.2) is 0 Å². The molecule has 0 saturated heterocycles. The van der Waals surface area contributed by atoms with Crippen molar-refractivity contribution in [3.8, 4) is 23.0 Å². The Kier molecular flexibility index (Phi) is 6.21. The molecular formula is C24H23N3O5. The van der Waals surface area contributed by atoms with Crippen LogP contribution in [0.5, 0.6) is 23.0 Å². The molecule has 2 aromatic carbocycles. The fourth-order valence-electron chi connectivity index (χ4n) is 3.25. The highest BCUT2D eigenvalue weighted by Gasteiger charge is 2.12. The van der Waals surface area contributed by atoms with Gasteiger partial charge >= 0.3 is 0 Å². The predicted octanol–water partition coefficient (Wildman–Crippen LogP) is 4.78. The van der Waals surface area contributed by atoms with Crippen LogP contribution in [0, 0.1) is 0 Å². The fraction of sp³-hybridized carbons (Fsp3) is 0.208. The second kappa shape index (κ2) is 9.38. The summed E-state index contributed by atoms with van der Waals surface area (Å²) < 4.78 is 21.9. The number of anilines is 1. The van der Waals surface area contributed by atoms with Crippen LogP contribution >= 0.6 is 0 Å². The van der Waals surface area contributed by atoms with Crippen LogP contribution in [0.4, 0.5) is 5.82 Å². The minimum Gasteiger partial charge on any atom is -0.493 e. The molecule has 0 aliphatic carbocycles. The number of hydrogen-bond acceptors (Lipinski definition) is 7. The topological polar surface area (TPSA) is 95.7 Å². The van der Waals surface area contributed by atoms with Crippen molar-refractivity contribution >= 4 is 22.6 Å². The molecule has 164 valence electrons. The minimum absolute atomic E-state index is 0.171. The van der Waals surface area contributed by atoms with Crippen LogP contribution in [0.15, 0.2) is 59.3 Å². The van der Waals surface area contributed by atoms with E-state index in [4.69, 9.17) is 18.7 Å². The first-order valence-electron chi connectivity index (χ1n) is 10.1. The zero-order valence-corrected chi connectivity index (χ0v) is 18.0. The van der Waals surface area contributed by atoms with E-state index >= 15 is 0 Å². The lowest BCUT2D eigenvalue weighted by Gasteiger charge is -2.12. The molecule has 2 aromatic heterocycles. The normalized spacial score (nSPS) is 10.7. The van der Waals surface area contributed by atoms with Crippen molar-refractivity contribution < 1.29 is 23.5 Å². The number of rotatable bonds is 8. The van der Waals surface area contributed by atoms with E-state index in [1.54, 1.807) is 38.6 Å². The van der Waals surface area contributed by atoms with Crippen molar-refractivity contribution in [2.45, 2.75) is 19.8 Å². The quantitative estimate of drug-likeness (QED) is 0.427. The van der Waals surface area contributed by atoms with Crippen LogP contribution in [0.2, 0.25) is 0 Å². The molecule has 0 atom stereocenters. The number of fused-ring (bicyclic) bond motifs is 1. The van der Waals surface area contributed by atoms with Crippen LogP contribution in [0.3, 0.4) is 0 Å². The van der Waals surface area contributed by atoms with E-state index in [9.17, 15) is 4.79 Å². The second-order valence-corrected chi connectivity index (χ2v) is 7.04. The Balaban J connectivity index is 1.46. The highest BCUT2D eigenvalue weighted by molar-refractivity contribution is 5.91. The molecule has 1 N–H and O–H groups in total. The lowest BCUT2D eigenvalue weighted by Crippen LogP contribution is -2.14. The Hall–Kier alpha value is -4.07. The smallest absolute Gasteiger partial charge is 0.230 e. The molecule has 2 heterocycles. The van der Waals surface area contributed by atoms with E-state index in [1.807, 2.05) is 37.3 Å². The number of amides is 1. The van der Waals surface area contributed by atoms with E-state index in [-0.39, 0.29) is 12.3 Å². The summed E-state index contributed by atoms with van der Waals surface area (Å²) in [6.07, 6.45) is 2.61. The summed E-state index contributed by atoms with van der Waals surface area (Å²) in [4.78, 5) is 16.6. The van der Waals surface area contributed by atoms with Gasteiger partial charge in [-0.2, -0.15) is 0 Å². The van der Waals surface area contributed by atoms with Gasteiger partial charge in [0.05, 0.1) is 26.2 Å². The number of carbonyl (C=O) groups is 1. The van der Waals surface area contributed by atoms with Crippen LogP contribution in [-0.2, 0) is 17.6 Å². The zero-order valence-electron chi connectivity index (χ0n) is 18.0. The monoisotopic (exact) mass is 433 g/mol. The number of benzene rings is 2. The molecule has 1 amide bonds. The maximum atomic E-state index is 12.3. The largest absolute Gasteiger partial charge is 0.493 e. The third-order valence-corrected chi connectivity index (χ3v) is 4.90. The molecule has 0 saturated carbocycles. The van der Waals surface area contributed by atoms with Gasteiger partial charge in [0.2, 0.25) is 5.91 Å². The van der Waals surface area contributed by atoms with Gasteiger partial charge in [0.25, 0.3) is 0 Å². The van der Waals surface area contributed by atoms with E-state index in [1.165, 1.54) is 0 Å². The van der Waals surface area contributed by atoms with Crippen LogP contribution in [-0.4, -0.2) is 30.3 Å². The molecule has 4 aromatic rings. The number of methoxy groups -OCH3 is 2. The maximum absolute atomic E-state index is 12.3. The Labute approximate surface area is 185 Å². The summed E-state index contributed by atoms with van der Waals surface area (Å²) >= 11 is 0. The van der Waals surface area contributed by atoms with Gasteiger partial charge in [0.1, 0.15) is 17.3 Å². The zero-order chi connectivity index (χ0) is 22.5. The molecule has 4 rings (SSSR count). The van der Waals surface area contributed by atoms with E-state index in [0.29, 0.717) is 28.8 Å². The van der Waals surface area contributed by atoms with Gasteiger partial charge < -0.3 is 24.1 Å². The first-order valence-corrected chi connectivity index (χ1v) is 10.1. The van der Waals surface area contributed by atoms with Crippen molar-refractivity contribution in [1.29, 1.82) is 0 Å². The van der Waals surface area contributed by atoms with Crippen molar-refractivity contribution in [2.24, 2.45) is 0 Å². The van der Waals surface area contributed by atoms with E-state index in [2.05, 4.69) is 15.5 Å².